The van der Waals surface area contributed by atoms with Crippen molar-refractivity contribution in [3.05, 3.63) is 82.2 Å². The van der Waals surface area contributed by atoms with Crippen molar-refractivity contribution in [2.24, 2.45) is 11.8 Å². The van der Waals surface area contributed by atoms with E-state index in [0.717, 1.165) is 18.4 Å². The van der Waals surface area contributed by atoms with Gasteiger partial charge in [-0.15, -0.1) is 0 Å². The fraction of sp³-hybridized carbons (Fsp3) is 0.429. The molecule has 2 fully saturated rings. The molecule has 3 aromatic rings. The average Bonchev–Trinajstić information content (AvgIpc) is 3.80. The van der Waals surface area contributed by atoms with Gasteiger partial charge in [-0.1, -0.05) is 42.3 Å². The van der Waals surface area contributed by atoms with E-state index in [9.17, 15) is 29.1 Å². The van der Waals surface area contributed by atoms with Crippen LogP contribution in [0.25, 0.3) is 0 Å². The van der Waals surface area contributed by atoms with Crippen LogP contribution in [0.3, 0.4) is 0 Å². The Morgan fingerprint density at radius 2 is 1.68 bits per heavy atom. The summed E-state index contributed by atoms with van der Waals surface area (Å²) in [5.41, 5.74) is 2.48. The fourth-order valence-electron chi connectivity index (χ4n) is 7.63. The first-order valence-corrected chi connectivity index (χ1v) is 16.2. The lowest BCUT2D eigenvalue weighted by Crippen LogP contribution is -2.50. The van der Waals surface area contributed by atoms with Crippen LogP contribution in [0, 0.1) is 18.8 Å². The molecule has 4 amide bonds. The second-order valence-electron chi connectivity index (χ2n) is 12.8. The number of hydrogen-bond donors (Lipinski definition) is 1. The molecule has 47 heavy (non-hydrogen) atoms. The first-order chi connectivity index (χ1) is 22.7. The predicted molar refractivity (Wildman–Crippen MR) is 166 cm³/mol. The first kappa shape index (κ1) is 30.6. The van der Waals surface area contributed by atoms with Crippen molar-refractivity contribution in [2.75, 3.05) is 26.2 Å². The Kier molecular flexibility index (Phi) is 8.03. The van der Waals surface area contributed by atoms with E-state index in [1.165, 1.54) is 4.90 Å². The van der Waals surface area contributed by atoms with Gasteiger partial charge in [-0.3, -0.25) is 28.9 Å². The number of carboxylic acids is 1. The highest BCUT2D eigenvalue weighted by Gasteiger charge is 2.45. The zero-order valence-electron chi connectivity index (χ0n) is 26.1. The summed E-state index contributed by atoms with van der Waals surface area (Å²) < 4.78 is 11.7. The number of carboxylic acid groups (broad SMARTS) is 1. The van der Waals surface area contributed by atoms with E-state index in [1.54, 1.807) is 47.1 Å². The molecule has 244 valence electrons. The molecular formula is C35H36N4O8. The Hall–Kier alpha value is -5.00. The highest BCUT2D eigenvalue weighted by Crippen LogP contribution is 2.42. The standard InChI is InChI=1S/C35H36N4O8/c1-20-17-27(36-47-20)34(43)37-15-14-22(18-37)46-29-12-6-7-21-13-16-38(31(40)25-10-4-5-11-26(25)35(44)45)28(30(21)29)19-39-32(41)23-8-2-3-9-24(23)33(39)42/h2-3,6-9,12,17,22,25-26,28H,4-5,10-11,13-16,18-19H2,1H3,(H,44,45)/t22-,25?,26?,28+/m0/s1. The number of aliphatic carboxylic acids is 1. The van der Waals surface area contributed by atoms with Crippen molar-refractivity contribution >= 4 is 29.6 Å². The van der Waals surface area contributed by atoms with E-state index in [-0.39, 0.29) is 30.2 Å². The summed E-state index contributed by atoms with van der Waals surface area (Å²) in [5, 5.41) is 13.8. The average molecular weight is 641 g/mol. The number of carbonyl (C=O) groups is 5. The van der Waals surface area contributed by atoms with Gasteiger partial charge in [0.15, 0.2) is 5.69 Å². The molecule has 1 aliphatic carbocycles. The van der Waals surface area contributed by atoms with Crippen molar-refractivity contribution in [2.45, 2.75) is 57.6 Å². The van der Waals surface area contributed by atoms with Gasteiger partial charge in [0, 0.05) is 31.1 Å². The molecule has 7 rings (SSSR count). The minimum atomic E-state index is -0.984. The molecule has 12 heteroatoms. The largest absolute Gasteiger partial charge is 0.488 e. The summed E-state index contributed by atoms with van der Waals surface area (Å²) in [6, 6.07) is 13.1. The lowest BCUT2D eigenvalue weighted by Gasteiger charge is -2.42. The van der Waals surface area contributed by atoms with Crippen LogP contribution in [-0.4, -0.2) is 86.8 Å². The van der Waals surface area contributed by atoms with Gasteiger partial charge >= 0.3 is 5.97 Å². The van der Waals surface area contributed by atoms with Crippen LogP contribution in [0.15, 0.2) is 53.1 Å². The van der Waals surface area contributed by atoms with Gasteiger partial charge in [-0.2, -0.15) is 0 Å². The van der Waals surface area contributed by atoms with Crippen LogP contribution in [0.4, 0.5) is 0 Å². The maximum absolute atomic E-state index is 14.3. The summed E-state index contributed by atoms with van der Waals surface area (Å²) in [4.78, 5) is 71.2. The van der Waals surface area contributed by atoms with Crippen LogP contribution in [-0.2, 0) is 16.0 Å². The summed E-state index contributed by atoms with van der Waals surface area (Å²) in [6.45, 7) is 2.72. The van der Waals surface area contributed by atoms with Crippen LogP contribution in [0.5, 0.6) is 5.75 Å². The zero-order valence-corrected chi connectivity index (χ0v) is 26.1. The number of aromatic nitrogens is 1. The summed E-state index contributed by atoms with van der Waals surface area (Å²) >= 11 is 0. The third-order valence-electron chi connectivity index (χ3n) is 9.98. The highest BCUT2D eigenvalue weighted by atomic mass is 16.5. The molecule has 0 bridgehead atoms. The van der Waals surface area contributed by atoms with Gasteiger partial charge in [-0.25, -0.2) is 0 Å². The molecule has 0 spiro atoms. The minimum Gasteiger partial charge on any atom is -0.488 e. The molecule has 4 atom stereocenters. The van der Waals surface area contributed by atoms with Crippen LogP contribution in [0.1, 0.15) is 86.2 Å². The molecule has 2 aromatic carbocycles. The molecule has 1 N–H and O–H groups in total. The summed E-state index contributed by atoms with van der Waals surface area (Å²) in [6.07, 6.45) is 3.12. The Balaban J connectivity index is 1.21. The van der Waals surface area contributed by atoms with E-state index < -0.39 is 35.7 Å². The molecule has 3 aliphatic heterocycles. The van der Waals surface area contributed by atoms with Gasteiger partial charge in [0.2, 0.25) is 5.91 Å². The maximum atomic E-state index is 14.3. The predicted octanol–water partition coefficient (Wildman–Crippen LogP) is 3.89. The van der Waals surface area contributed by atoms with E-state index in [1.807, 2.05) is 18.2 Å². The topological polar surface area (TPSA) is 151 Å². The van der Waals surface area contributed by atoms with Gasteiger partial charge in [0.25, 0.3) is 17.7 Å². The number of hydrogen-bond acceptors (Lipinski definition) is 8. The fourth-order valence-corrected chi connectivity index (χ4v) is 7.63. The molecular weight excluding hydrogens is 604 g/mol. The smallest absolute Gasteiger partial charge is 0.307 e. The Labute approximate surface area is 271 Å². The van der Waals surface area contributed by atoms with Crippen molar-refractivity contribution in [3.63, 3.8) is 0 Å². The SMILES string of the molecule is Cc1cc(C(=O)N2CC[C@H](Oc3cccc4c3[C@@H](CN3C(=O)c5ccccc5C3=O)N(C(=O)C3CCCCC3C(=O)O)CC4)C2)no1. The molecule has 2 unspecified atom stereocenters. The molecule has 12 nitrogen and oxygen atoms in total. The third kappa shape index (κ3) is 5.55. The lowest BCUT2D eigenvalue weighted by molar-refractivity contribution is -0.153. The van der Waals surface area contributed by atoms with Crippen molar-refractivity contribution < 1.29 is 38.3 Å². The number of aryl methyl sites for hydroxylation is 1. The number of amides is 4. The number of likely N-dealkylation sites (tertiary alicyclic amines) is 1. The van der Waals surface area contributed by atoms with E-state index >= 15 is 0 Å². The number of carbonyl (C=O) groups excluding carboxylic acids is 4. The Bertz CT molecular complexity index is 1730. The van der Waals surface area contributed by atoms with Gasteiger partial charge in [0.1, 0.15) is 17.6 Å². The summed E-state index contributed by atoms with van der Waals surface area (Å²) in [5.74, 6) is -2.81. The number of imide groups is 1. The van der Waals surface area contributed by atoms with Crippen LogP contribution >= 0.6 is 0 Å². The summed E-state index contributed by atoms with van der Waals surface area (Å²) in [7, 11) is 0. The highest BCUT2D eigenvalue weighted by molar-refractivity contribution is 6.21. The lowest BCUT2D eigenvalue weighted by atomic mass is 9.77. The third-order valence-corrected chi connectivity index (χ3v) is 9.98. The Morgan fingerprint density at radius 3 is 2.36 bits per heavy atom. The van der Waals surface area contributed by atoms with E-state index in [4.69, 9.17) is 9.26 Å². The van der Waals surface area contributed by atoms with Crippen molar-refractivity contribution in [1.82, 2.24) is 19.9 Å². The van der Waals surface area contributed by atoms with Crippen molar-refractivity contribution in [3.8, 4) is 5.75 Å². The number of fused-ring (bicyclic) bond motifs is 2. The molecule has 1 aromatic heterocycles. The van der Waals surface area contributed by atoms with Gasteiger partial charge < -0.3 is 24.2 Å². The van der Waals surface area contributed by atoms with Crippen LogP contribution in [0.2, 0.25) is 0 Å². The molecule has 4 aliphatic rings. The number of rotatable bonds is 7. The zero-order chi connectivity index (χ0) is 32.8. The van der Waals surface area contributed by atoms with Crippen LogP contribution < -0.4 is 4.74 Å². The van der Waals surface area contributed by atoms with E-state index in [0.29, 0.717) is 73.5 Å². The molecule has 1 saturated carbocycles. The number of nitrogens with zero attached hydrogens (tertiary/aromatic N) is 4. The normalized spacial score (nSPS) is 23.9. The second kappa shape index (κ2) is 12.3. The van der Waals surface area contributed by atoms with Gasteiger partial charge in [-0.05, 0) is 49.9 Å². The monoisotopic (exact) mass is 640 g/mol. The van der Waals surface area contributed by atoms with Crippen molar-refractivity contribution in [1.29, 1.82) is 0 Å². The minimum absolute atomic E-state index is 0.100. The molecule has 0 radical (unpaired) electrons. The van der Waals surface area contributed by atoms with Gasteiger partial charge in [0.05, 0.1) is 42.1 Å². The number of benzene rings is 2. The second-order valence-corrected chi connectivity index (χ2v) is 12.8. The number of ether oxygens (including phenoxy) is 1. The Morgan fingerprint density at radius 1 is 0.957 bits per heavy atom. The quantitative estimate of drug-likeness (QED) is 0.380. The molecule has 4 heterocycles. The maximum Gasteiger partial charge on any atom is 0.307 e. The first-order valence-electron chi connectivity index (χ1n) is 16.2. The molecule has 1 saturated heterocycles. The van der Waals surface area contributed by atoms with E-state index in [2.05, 4.69) is 5.16 Å².